The fraction of sp³-hybridized carbons (Fsp3) is 0.900. The van der Waals surface area contributed by atoms with Crippen LogP contribution in [0.3, 0.4) is 0 Å². The quantitative estimate of drug-likeness (QED) is 0.645. The van der Waals surface area contributed by atoms with Crippen LogP contribution < -0.4 is 10.6 Å². The van der Waals surface area contributed by atoms with Crippen molar-refractivity contribution < 1.29 is 4.79 Å². The summed E-state index contributed by atoms with van der Waals surface area (Å²) in [6, 6.07) is 0.362. The lowest BCUT2D eigenvalue weighted by Crippen LogP contribution is -2.41. The van der Waals surface area contributed by atoms with E-state index in [9.17, 15) is 4.79 Å². The molecule has 4 nitrogen and oxygen atoms in total. The normalized spacial score (nSPS) is 22.6. The van der Waals surface area contributed by atoms with Gasteiger partial charge in [0.15, 0.2) is 0 Å². The standard InChI is InChI=1S/C10H21N3O/c1-3-11-7-10(14)12-9-5-6-13(4-2)8-9/h9,11H,3-8H2,1-2H3,(H,12,14)/t9-/m0/s1. The van der Waals surface area contributed by atoms with Crippen LogP contribution in [-0.2, 0) is 4.79 Å². The van der Waals surface area contributed by atoms with Gasteiger partial charge in [-0.3, -0.25) is 4.79 Å². The van der Waals surface area contributed by atoms with E-state index in [0.717, 1.165) is 32.6 Å². The number of likely N-dealkylation sites (N-methyl/N-ethyl adjacent to an activating group) is 2. The smallest absolute Gasteiger partial charge is 0.234 e. The molecule has 1 aliphatic rings. The van der Waals surface area contributed by atoms with Crippen LogP contribution in [0.4, 0.5) is 0 Å². The molecule has 1 heterocycles. The van der Waals surface area contributed by atoms with Crippen molar-refractivity contribution in [2.24, 2.45) is 0 Å². The summed E-state index contributed by atoms with van der Waals surface area (Å²) in [7, 11) is 0. The van der Waals surface area contributed by atoms with Gasteiger partial charge in [-0.05, 0) is 19.5 Å². The minimum atomic E-state index is 0.120. The summed E-state index contributed by atoms with van der Waals surface area (Å²) in [6.45, 7) is 8.65. The highest BCUT2D eigenvalue weighted by Gasteiger charge is 2.21. The summed E-state index contributed by atoms with van der Waals surface area (Å²) in [5.74, 6) is 0.120. The molecule has 1 saturated heterocycles. The van der Waals surface area contributed by atoms with Crippen molar-refractivity contribution >= 4 is 5.91 Å². The van der Waals surface area contributed by atoms with E-state index in [-0.39, 0.29) is 5.91 Å². The van der Waals surface area contributed by atoms with Gasteiger partial charge >= 0.3 is 0 Å². The zero-order valence-electron chi connectivity index (χ0n) is 9.18. The van der Waals surface area contributed by atoms with Gasteiger partial charge in [-0.25, -0.2) is 0 Å². The van der Waals surface area contributed by atoms with Crippen LogP contribution in [0.1, 0.15) is 20.3 Å². The third kappa shape index (κ3) is 3.64. The molecule has 0 saturated carbocycles. The molecule has 0 unspecified atom stereocenters. The summed E-state index contributed by atoms with van der Waals surface area (Å²) < 4.78 is 0. The second-order valence-electron chi connectivity index (χ2n) is 3.73. The molecule has 4 heteroatoms. The first-order valence-electron chi connectivity index (χ1n) is 5.48. The number of rotatable bonds is 5. The molecule has 82 valence electrons. The monoisotopic (exact) mass is 199 g/mol. The van der Waals surface area contributed by atoms with Crippen LogP contribution in [-0.4, -0.2) is 49.6 Å². The second-order valence-corrected chi connectivity index (χ2v) is 3.73. The van der Waals surface area contributed by atoms with Crippen LogP contribution in [0.2, 0.25) is 0 Å². The maximum Gasteiger partial charge on any atom is 0.234 e. The molecule has 1 amide bonds. The fourth-order valence-corrected chi connectivity index (χ4v) is 1.75. The third-order valence-electron chi connectivity index (χ3n) is 2.62. The molecule has 1 rings (SSSR count). The van der Waals surface area contributed by atoms with E-state index in [4.69, 9.17) is 0 Å². The predicted octanol–water partition coefficient (Wildman–Crippen LogP) is -0.194. The lowest BCUT2D eigenvalue weighted by molar-refractivity contribution is -0.120. The number of hydrogen-bond acceptors (Lipinski definition) is 3. The number of amides is 1. The molecule has 0 aromatic carbocycles. The summed E-state index contributed by atoms with van der Waals surface area (Å²) in [5.41, 5.74) is 0. The van der Waals surface area contributed by atoms with Crippen LogP contribution in [0, 0.1) is 0 Å². The Balaban J connectivity index is 2.15. The molecule has 0 spiro atoms. The van der Waals surface area contributed by atoms with E-state index in [1.807, 2.05) is 6.92 Å². The number of carbonyl (C=O) groups is 1. The average molecular weight is 199 g/mol. The predicted molar refractivity (Wildman–Crippen MR) is 57.2 cm³/mol. The SMILES string of the molecule is CCNCC(=O)N[C@H]1CCN(CC)C1. The van der Waals surface area contributed by atoms with Gasteiger partial charge in [0.25, 0.3) is 0 Å². The first kappa shape index (κ1) is 11.5. The Labute approximate surface area is 86.0 Å². The Morgan fingerprint density at radius 2 is 2.29 bits per heavy atom. The highest BCUT2D eigenvalue weighted by molar-refractivity contribution is 5.78. The zero-order valence-corrected chi connectivity index (χ0v) is 9.18. The van der Waals surface area contributed by atoms with Gasteiger partial charge in [0.2, 0.25) is 5.91 Å². The van der Waals surface area contributed by atoms with E-state index >= 15 is 0 Å². The molecule has 0 aromatic heterocycles. The zero-order chi connectivity index (χ0) is 10.4. The Morgan fingerprint density at radius 1 is 1.50 bits per heavy atom. The van der Waals surface area contributed by atoms with Gasteiger partial charge in [-0.15, -0.1) is 0 Å². The van der Waals surface area contributed by atoms with Crippen molar-refractivity contribution in [3.8, 4) is 0 Å². The van der Waals surface area contributed by atoms with Crippen molar-refractivity contribution in [3.63, 3.8) is 0 Å². The van der Waals surface area contributed by atoms with Gasteiger partial charge in [0.1, 0.15) is 0 Å². The Morgan fingerprint density at radius 3 is 2.86 bits per heavy atom. The van der Waals surface area contributed by atoms with E-state index < -0.39 is 0 Å². The van der Waals surface area contributed by atoms with Crippen LogP contribution in [0.5, 0.6) is 0 Å². The Hall–Kier alpha value is -0.610. The molecule has 1 fully saturated rings. The lowest BCUT2D eigenvalue weighted by Gasteiger charge is -2.14. The molecule has 1 atom stereocenters. The average Bonchev–Trinajstić information content (AvgIpc) is 2.62. The summed E-state index contributed by atoms with van der Waals surface area (Å²) in [4.78, 5) is 13.7. The van der Waals surface area contributed by atoms with Crippen LogP contribution >= 0.6 is 0 Å². The molecular weight excluding hydrogens is 178 g/mol. The third-order valence-corrected chi connectivity index (χ3v) is 2.62. The minimum absolute atomic E-state index is 0.120. The number of nitrogens with one attached hydrogen (secondary N) is 2. The molecule has 1 aliphatic heterocycles. The molecule has 0 aromatic rings. The number of nitrogens with zero attached hydrogens (tertiary/aromatic N) is 1. The van der Waals surface area contributed by atoms with E-state index in [0.29, 0.717) is 12.6 Å². The molecule has 0 bridgehead atoms. The molecule has 2 N–H and O–H groups in total. The van der Waals surface area contributed by atoms with Crippen molar-refractivity contribution in [1.82, 2.24) is 15.5 Å². The lowest BCUT2D eigenvalue weighted by atomic mass is 10.2. The minimum Gasteiger partial charge on any atom is -0.351 e. The number of likely N-dealkylation sites (tertiary alicyclic amines) is 1. The van der Waals surface area contributed by atoms with Crippen LogP contribution in [0.25, 0.3) is 0 Å². The summed E-state index contributed by atoms with van der Waals surface area (Å²) in [6.07, 6.45) is 1.09. The van der Waals surface area contributed by atoms with Gasteiger partial charge in [-0.2, -0.15) is 0 Å². The van der Waals surface area contributed by atoms with Crippen molar-refractivity contribution in [1.29, 1.82) is 0 Å². The summed E-state index contributed by atoms with van der Waals surface area (Å²) >= 11 is 0. The van der Waals surface area contributed by atoms with Gasteiger partial charge in [0.05, 0.1) is 6.54 Å². The van der Waals surface area contributed by atoms with Gasteiger partial charge in [0, 0.05) is 19.1 Å². The van der Waals surface area contributed by atoms with E-state index in [2.05, 4.69) is 22.5 Å². The number of carbonyl (C=O) groups excluding carboxylic acids is 1. The molecule has 0 radical (unpaired) electrons. The second kappa shape index (κ2) is 5.98. The Kier molecular flexibility index (Phi) is 4.90. The van der Waals surface area contributed by atoms with Crippen molar-refractivity contribution in [3.05, 3.63) is 0 Å². The molecule has 14 heavy (non-hydrogen) atoms. The van der Waals surface area contributed by atoms with Gasteiger partial charge < -0.3 is 15.5 Å². The van der Waals surface area contributed by atoms with E-state index in [1.165, 1.54) is 0 Å². The molecule has 0 aliphatic carbocycles. The first-order chi connectivity index (χ1) is 6.76. The van der Waals surface area contributed by atoms with Crippen molar-refractivity contribution in [2.75, 3.05) is 32.7 Å². The van der Waals surface area contributed by atoms with Gasteiger partial charge in [-0.1, -0.05) is 13.8 Å². The first-order valence-corrected chi connectivity index (χ1v) is 5.48. The van der Waals surface area contributed by atoms with Crippen LogP contribution in [0.15, 0.2) is 0 Å². The largest absolute Gasteiger partial charge is 0.351 e. The number of hydrogen-bond donors (Lipinski definition) is 2. The topological polar surface area (TPSA) is 44.4 Å². The highest BCUT2D eigenvalue weighted by atomic mass is 16.2. The fourth-order valence-electron chi connectivity index (χ4n) is 1.75. The van der Waals surface area contributed by atoms with Crippen molar-refractivity contribution in [2.45, 2.75) is 26.3 Å². The summed E-state index contributed by atoms with van der Waals surface area (Å²) in [5, 5.41) is 6.06. The highest BCUT2D eigenvalue weighted by Crippen LogP contribution is 2.07. The maximum atomic E-state index is 11.4. The Bertz CT molecular complexity index is 184. The maximum absolute atomic E-state index is 11.4. The molecular formula is C10H21N3O. The van der Waals surface area contributed by atoms with E-state index in [1.54, 1.807) is 0 Å².